The van der Waals surface area contributed by atoms with E-state index in [1.165, 1.54) is 34.4 Å². The minimum Gasteiger partial charge on any atom is -0.456 e. The summed E-state index contributed by atoms with van der Waals surface area (Å²) in [5.74, 6) is -2.59. The lowest BCUT2D eigenvalue weighted by Gasteiger charge is -2.19. The van der Waals surface area contributed by atoms with Gasteiger partial charge in [-0.05, 0) is 85.8 Å². The second kappa shape index (κ2) is 12.4. The van der Waals surface area contributed by atoms with Crippen LogP contribution in [0.3, 0.4) is 0 Å². The van der Waals surface area contributed by atoms with Crippen LogP contribution in [0, 0.1) is 5.82 Å². The predicted octanol–water partition coefficient (Wildman–Crippen LogP) is 7.76. The molecule has 2 heterocycles. The standard InChI is InChI=1S/C29H24F4N2O4S3/c1-28(2,3)39-26(38)16-4-7-19(8-5-16)34-24(36)10-11-35-25(37)23(42-27(35)40)14-20-12-18(15-41-20)17-6-9-22(30)21(13-17)29(31,32)33/h4-9,12-15H,10-11H2,1-3H3,(H,34,36)/b23-14-. The van der Waals surface area contributed by atoms with Gasteiger partial charge in [0.05, 0.1) is 16.0 Å². The topological polar surface area (TPSA) is 75.7 Å². The van der Waals surface area contributed by atoms with E-state index in [9.17, 15) is 31.9 Å². The molecule has 220 valence electrons. The Balaban J connectivity index is 1.35. The van der Waals surface area contributed by atoms with Crippen molar-refractivity contribution in [2.45, 2.75) is 39.0 Å². The largest absolute Gasteiger partial charge is 0.456 e. The third-order valence-electron chi connectivity index (χ3n) is 5.74. The van der Waals surface area contributed by atoms with Gasteiger partial charge in [-0.25, -0.2) is 9.18 Å². The van der Waals surface area contributed by atoms with Gasteiger partial charge in [-0.1, -0.05) is 30.0 Å². The number of anilines is 1. The lowest BCUT2D eigenvalue weighted by atomic mass is 10.0. The molecule has 1 N–H and O–H groups in total. The number of ether oxygens (including phenoxy) is 1. The Hall–Kier alpha value is -3.55. The number of carbonyl (C=O) groups excluding carboxylic acids is 3. The van der Waals surface area contributed by atoms with Crippen LogP contribution in [0.15, 0.2) is 58.8 Å². The van der Waals surface area contributed by atoms with E-state index >= 15 is 0 Å². The molecule has 0 unspecified atom stereocenters. The van der Waals surface area contributed by atoms with Gasteiger partial charge in [0.25, 0.3) is 5.91 Å². The molecule has 1 aliphatic heterocycles. The summed E-state index contributed by atoms with van der Waals surface area (Å²) in [4.78, 5) is 39.8. The molecular formula is C29H24F4N2O4S3. The Morgan fingerprint density at radius 2 is 1.74 bits per heavy atom. The lowest BCUT2D eigenvalue weighted by molar-refractivity contribution is -0.140. The quantitative estimate of drug-likeness (QED) is 0.124. The number of thiophene rings is 1. The average molecular weight is 637 g/mol. The van der Waals surface area contributed by atoms with Crippen molar-refractivity contribution in [3.05, 3.63) is 80.6 Å². The normalized spacial score (nSPS) is 14.9. The van der Waals surface area contributed by atoms with Gasteiger partial charge in [0.1, 0.15) is 15.7 Å². The number of benzene rings is 2. The fraction of sp³-hybridized carbons (Fsp3) is 0.241. The number of amides is 2. The van der Waals surface area contributed by atoms with E-state index in [4.69, 9.17) is 17.0 Å². The van der Waals surface area contributed by atoms with Crippen molar-refractivity contribution in [2.24, 2.45) is 0 Å². The number of esters is 1. The van der Waals surface area contributed by atoms with Crippen LogP contribution in [0.5, 0.6) is 0 Å². The van der Waals surface area contributed by atoms with E-state index in [-0.39, 0.29) is 28.8 Å². The van der Waals surface area contributed by atoms with Crippen LogP contribution >= 0.6 is 35.3 Å². The maximum atomic E-state index is 13.7. The molecule has 1 aliphatic rings. The SMILES string of the molecule is CC(C)(C)OC(=O)c1ccc(NC(=O)CCN2C(=O)/C(=C/c3cc(-c4ccc(F)c(C(F)(F)F)c4)cs3)SC2=S)cc1. The number of hydrogen-bond acceptors (Lipinski definition) is 7. The highest BCUT2D eigenvalue weighted by molar-refractivity contribution is 8.26. The van der Waals surface area contributed by atoms with E-state index in [0.29, 0.717) is 26.6 Å². The average Bonchev–Trinajstić information content (AvgIpc) is 3.45. The van der Waals surface area contributed by atoms with Gasteiger partial charge in [-0.2, -0.15) is 13.2 Å². The molecule has 4 rings (SSSR count). The van der Waals surface area contributed by atoms with E-state index in [1.807, 2.05) is 0 Å². The molecule has 13 heteroatoms. The molecule has 1 saturated heterocycles. The molecule has 0 radical (unpaired) electrons. The molecular weight excluding hydrogens is 613 g/mol. The third-order valence-corrected chi connectivity index (χ3v) is 7.99. The molecule has 1 fully saturated rings. The molecule has 2 aromatic carbocycles. The molecule has 0 aliphatic carbocycles. The van der Waals surface area contributed by atoms with Crippen molar-refractivity contribution in [2.75, 3.05) is 11.9 Å². The summed E-state index contributed by atoms with van der Waals surface area (Å²) in [7, 11) is 0. The lowest BCUT2D eigenvalue weighted by Crippen LogP contribution is -2.31. The molecule has 42 heavy (non-hydrogen) atoms. The molecule has 0 atom stereocenters. The number of thioether (sulfide) groups is 1. The van der Waals surface area contributed by atoms with Crippen LogP contribution in [0.4, 0.5) is 23.2 Å². The van der Waals surface area contributed by atoms with Crippen molar-refractivity contribution < 1.29 is 36.7 Å². The van der Waals surface area contributed by atoms with Gasteiger partial charge in [0, 0.05) is 23.5 Å². The molecule has 0 saturated carbocycles. The van der Waals surface area contributed by atoms with Crippen molar-refractivity contribution in [3.63, 3.8) is 0 Å². The van der Waals surface area contributed by atoms with E-state index < -0.39 is 35.0 Å². The Labute approximate surface area is 252 Å². The first kappa shape index (κ1) is 31.4. The predicted molar refractivity (Wildman–Crippen MR) is 159 cm³/mol. The van der Waals surface area contributed by atoms with Crippen molar-refractivity contribution >= 4 is 69.2 Å². The van der Waals surface area contributed by atoms with Crippen LogP contribution in [0.2, 0.25) is 0 Å². The fourth-order valence-electron chi connectivity index (χ4n) is 3.79. The highest BCUT2D eigenvalue weighted by Gasteiger charge is 2.35. The van der Waals surface area contributed by atoms with Gasteiger partial charge >= 0.3 is 12.1 Å². The first-order valence-electron chi connectivity index (χ1n) is 12.4. The van der Waals surface area contributed by atoms with Crippen LogP contribution in [-0.4, -0.2) is 39.1 Å². The summed E-state index contributed by atoms with van der Waals surface area (Å²) in [6, 6.07) is 10.6. The second-order valence-corrected chi connectivity index (χ2v) is 12.8. The Bertz CT molecular complexity index is 1570. The minimum absolute atomic E-state index is 0.0370. The van der Waals surface area contributed by atoms with Gasteiger partial charge in [0.15, 0.2) is 0 Å². The highest BCUT2D eigenvalue weighted by atomic mass is 32.2. The van der Waals surface area contributed by atoms with E-state index in [1.54, 1.807) is 50.4 Å². The summed E-state index contributed by atoms with van der Waals surface area (Å²) in [5.41, 5.74) is -0.536. The number of thiocarbonyl (C=S) groups is 1. The smallest absolute Gasteiger partial charge is 0.419 e. The summed E-state index contributed by atoms with van der Waals surface area (Å²) in [6.07, 6.45) is -3.28. The summed E-state index contributed by atoms with van der Waals surface area (Å²) in [5, 5.41) is 4.33. The molecule has 1 aromatic heterocycles. The van der Waals surface area contributed by atoms with Crippen LogP contribution in [0.1, 0.15) is 48.0 Å². The van der Waals surface area contributed by atoms with Gasteiger partial charge in [0.2, 0.25) is 5.91 Å². The number of nitrogens with zero attached hydrogens (tertiary/aromatic N) is 1. The van der Waals surface area contributed by atoms with Crippen LogP contribution in [0.25, 0.3) is 17.2 Å². The number of halogens is 4. The van der Waals surface area contributed by atoms with E-state index in [2.05, 4.69) is 5.32 Å². The molecule has 2 amide bonds. The number of nitrogens with one attached hydrogen (secondary N) is 1. The number of carbonyl (C=O) groups is 3. The molecule has 0 bridgehead atoms. The Kier molecular flexibility index (Phi) is 9.24. The molecule has 6 nitrogen and oxygen atoms in total. The van der Waals surface area contributed by atoms with Crippen LogP contribution in [-0.2, 0) is 20.5 Å². The molecule has 3 aromatic rings. The number of hydrogen-bond donors (Lipinski definition) is 1. The van der Waals surface area contributed by atoms with Crippen molar-refractivity contribution in [3.8, 4) is 11.1 Å². The first-order valence-corrected chi connectivity index (χ1v) is 14.6. The Morgan fingerprint density at radius 1 is 1.05 bits per heavy atom. The maximum Gasteiger partial charge on any atom is 0.419 e. The second-order valence-electron chi connectivity index (χ2n) is 10.1. The monoisotopic (exact) mass is 636 g/mol. The summed E-state index contributed by atoms with van der Waals surface area (Å²) in [6.45, 7) is 5.33. The zero-order chi connectivity index (χ0) is 30.8. The van der Waals surface area contributed by atoms with Crippen LogP contribution < -0.4 is 5.32 Å². The minimum atomic E-state index is -4.82. The zero-order valence-corrected chi connectivity index (χ0v) is 25.0. The summed E-state index contributed by atoms with van der Waals surface area (Å²) >= 11 is 7.59. The zero-order valence-electron chi connectivity index (χ0n) is 22.5. The number of rotatable bonds is 7. The van der Waals surface area contributed by atoms with E-state index in [0.717, 1.165) is 23.9 Å². The van der Waals surface area contributed by atoms with Crippen molar-refractivity contribution in [1.82, 2.24) is 4.90 Å². The van der Waals surface area contributed by atoms with Gasteiger partial charge in [-0.15, -0.1) is 11.3 Å². The van der Waals surface area contributed by atoms with Gasteiger partial charge in [-0.3, -0.25) is 14.5 Å². The highest BCUT2D eigenvalue weighted by Crippen LogP contribution is 2.37. The molecule has 0 spiro atoms. The van der Waals surface area contributed by atoms with Gasteiger partial charge < -0.3 is 10.1 Å². The summed E-state index contributed by atoms with van der Waals surface area (Å²) < 4.78 is 58.5. The third kappa shape index (κ3) is 7.84. The Morgan fingerprint density at radius 3 is 2.38 bits per heavy atom. The fourth-order valence-corrected chi connectivity index (χ4v) is 6.01. The van der Waals surface area contributed by atoms with Crippen molar-refractivity contribution in [1.29, 1.82) is 0 Å². The number of alkyl halides is 3. The first-order chi connectivity index (χ1) is 19.6. The maximum absolute atomic E-state index is 13.7.